The molecule has 0 aliphatic carbocycles. The number of nitrogens with zero attached hydrogens (tertiary/aromatic N) is 2. The maximum atomic E-state index is 10.6. The van der Waals surface area contributed by atoms with E-state index in [0.717, 1.165) is 16.6 Å². The Balaban J connectivity index is 0.00000144. The molecule has 0 unspecified atom stereocenters. The van der Waals surface area contributed by atoms with Crippen molar-refractivity contribution in [2.24, 2.45) is 0 Å². The molecule has 90 valence electrons. The van der Waals surface area contributed by atoms with Gasteiger partial charge in [-0.3, -0.25) is 4.79 Å². The van der Waals surface area contributed by atoms with Crippen LogP contribution >= 0.6 is 28.3 Å². The van der Waals surface area contributed by atoms with Crippen LogP contribution in [0.2, 0.25) is 0 Å². The van der Waals surface area contributed by atoms with Crippen LogP contribution in [0.3, 0.4) is 0 Å². The van der Waals surface area contributed by atoms with E-state index in [4.69, 9.17) is 4.74 Å². The summed E-state index contributed by atoms with van der Waals surface area (Å²) in [6.45, 7) is 0. The average Bonchev–Trinajstić information content (AvgIpc) is 2.74. The molecule has 2 rings (SSSR count). The fraction of sp³-hybridized carbons (Fsp3) is 0.0909. The van der Waals surface area contributed by atoms with Crippen molar-refractivity contribution in [1.82, 2.24) is 9.55 Å². The molecule has 0 atom stereocenters. The largest absolute Gasteiger partial charge is 0.495 e. The number of hydrogen-bond donors (Lipinski definition) is 0. The number of benzene rings is 1. The zero-order chi connectivity index (χ0) is 11.5. The Bertz CT molecular complexity index is 528. The molecule has 0 saturated heterocycles. The van der Waals surface area contributed by atoms with E-state index in [1.54, 1.807) is 25.6 Å². The summed E-state index contributed by atoms with van der Waals surface area (Å²) in [5, 5.41) is 0. The number of ether oxygens (including phenoxy) is 1. The van der Waals surface area contributed by atoms with Gasteiger partial charge in [0, 0.05) is 11.8 Å². The first-order valence-electron chi connectivity index (χ1n) is 4.57. The van der Waals surface area contributed by atoms with Crippen molar-refractivity contribution < 1.29 is 9.53 Å². The first-order valence-corrected chi connectivity index (χ1v) is 5.37. The third-order valence-corrected chi connectivity index (χ3v) is 2.58. The SMILES string of the molecule is COc1cc(C=O)ccc1-n1cnc(Br)c1.Cl. The van der Waals surface area contributed by atoms with Gasteiger partial charge in [0.2, 0.25) is 0 Å². The minimum atomic E-state index is 0. The van der Waals surface area contributed by atoms with Crippen molar-refractivity contribution in [3.63, 3.8) is 0 Å². The summed E-state index contributed by atoms with van der Waals surface area (Å²) in [6, 6.07) is 5.24. The van der Waals surface area contributed by atoms with Crippen molar-refractivity contribution >= 4 is 34.6 Å². The molecular formula is C11H10BrClN2O2. The summed E-state index contributed by atoms with van der Waals surface area (Å²) in [7, 11) is 1.57. The maximum absolute atomic E-state index is 10.6. The highest BCUT2D eigenvalue weighted by Gasteiger charge is 2.06. The molecule has 0 aliphatic heterocycles. The number of carbonyl (C=O) groups excluding carboxylic acids is 1. The standard InChI is InChI=1S/C11H9BrN2O2.ClH/c1-16-10-4-8(6-15)2-3-9(10)14-5-11(12)13-7-14;/h2-7H,1H3;1H. The van der Waals surface area contributed by atoms with Crippen LogP contribution in [0.1, 0.15) is 10.4 Å². The molecule has 0 aliphatic rings. The fourth-order valence-electron chi connectivity index (χ4n) is 1.41. The molecule has 0 saturated carbocycles. The van der Waals surface area contributed by atoms with Gasteiger partial charge in [0.15, 0.2) is 0 Å². The van der Waals surface area contributed by atoms with E-state index in [-0.39, 0.29) is 12.4 Å². The van der Waals surface area contributed by atoms with Crippen molar-refractivity contribution in [1.29, 1.82) is 0 Å². The second-order valence-electron chi connectivity index (χ2n) is 3.15. The minimum absolute atomic E-state index is 0. The topological polar surface area (TPSA) is 44.1 Å². The highest BCUT2D eigenvalue weighted by atomic mass is 79.9. The van der Waals surface area contributed by atoms with Crippen LogP contribution in [0.4, 0.5) is 0 Å². The third-order valence-electron chi connectivity index (χ3n) is 2.17. The van der Waals surface area contributed by atoms with E-state index in [1.807, 2.05) is 16.8 Å². The molecule has 0 fully saturated rings. The van der Waals surface area contributed by atoms with Gasteiger partial charge < -0.3 is 9.30 Å². The summed E-state index contributed by atoms with van der Waals surface area (Å²) in [6.07, 6.45) is 4.27. The maximum Gasteiger partial charge on any atom is 0.150 e. The Morgan fingerprint density at radius 1 is 1.47 bits per heavy atom. The predicted molar refractivity (Wildman–Crippen MR) is 70.5 cm³/mol. The first-order chi connectivity index (χ1) is 7.74. The Morgan fingerprint density at radius 3 is 2.76 bits per heavy atom. The predicted octanol–water partition coefficient (Wildman–Crippen LogP) is 2.88. The second-order valence-corrected chi connectivity index (χ2v) is 3.97. The average molecular weight is 318 g/mol. The summed E-state index contributed by atoms with van der Waals surface area (Å²) in [4.78, 5) is 14.7. The summed E-state index contributed by atoms with van der Waals surface area (Å²) in [5.41, 5.74) is 1.42. The lowest BCUT2D eigenvalue weighted by Crippen LogP contribution is -1.96. The van der Waals surface area contributed by atoms with Crippen molar-refractivity contribution in [3.05, 3.63) is 40.9 Å². The van der Waals surface area contributed by atoms with E-state index in [9.17, 15) is 4.79 Å². The number of aromatic nitrogens is 2. The number of halogens is 2. The molecule has 1 heterocycles. The van der Waals surface area contributed by atoms with Gasteiger partial charge in [-0.15, -0.1) is 12.4 Å². The molecule has 17 heavy (non-hydrogen) atoms. The molecule has 4 nitrogen and oxygen atoms in total. The van der Waals surface area contributed by atoms with E-state index >= 15 is 0 Å². The van der Waals surface area contributed by atoms with Crippen molar-refractivity contribution in [3.8, 4) is 11.4 Å². The lowest BCUT2D eigenvalue weighted by molar-refractivity contribution is 0.112. The highest BCUT2D eigenvalue weighted by Crippen LogP contribution is 2.24. The van der Waals surface area contributed by atoms with E-state index in [0.29, 0.717) is 11.3 Å². The summed E-state index contributed by atoms with van der Waals surface area (Å²) in [5.74, 6) is 0.634. The fourth-order valence-corrected chi connectivity index (χ4v) is 1.72. The third kappa shape index (κ3) is 2.87. The van der Waals surface area contributed by atoms with Crippen molar-refractivity contribution in [2.45, 2.75) is 0 Å². The Labute approximate surface area is 113 Å². The number of methoxy groups -OCH3 is 1. The van der Waals surface area contributed by atoms with Gasteiger partial charge in [-0.25, -0.2) is 4.98 Å². The number of aldehydes is 1. The Kier molecular flexibility index (Phi) is 4.72. The van der Waals surface area contributed by atoms with Gasteiger partial charge in [0.1, 0.15) is 23.0 Å². The normalized spacial score (nSPS) is 9.53. The molecule has 2 aromatic rings. The van der Waals surface area contributed by atoms with E-state index < -0.39 is 0 Å². The minimum Gasteiger partial charge on any atom is -0.495 e. The molecule has 0 bridgehead atoms. The van der Waals surface area contributed by atoms with Crippen LogP contribution in [-0.2, 0) is 0 Å². The van der Waals surface area contributed by atoms with E-state index in [1.165, 1.54) is 0 Å². The first kappa shape index (κ1) is 13.7. The number of carbonyl (C=O) groups is 1. The number of hydrogen-bond acceptors (Lipinski definition) is 3. The second kappa shape index (κ2) is 5.84. The molecule has 1 aromatic carbocycles. The molecule has 6 heteroatoms. The van der Waals surface area contributed by atoms with Gasteiger partial charge in [-0.05, 0) is 34.1 Å². The number of rotatable bonds is 3. The zero-order valence-corrected chi connectivity index (χ0v) is 11.4. The van der Waals surface area contributed by atoms with Gasteiger partial charge in [0.05, 0.1) is 12.8 Å². The molecule has 0 radical (unpaired) electrons. The molecule has 0 amide bonds. The van der Waals surface area contributed by atoms with Gasteiger partial charge in [-0.1, -0.05) is 0 Å². The van der Waals surface area contributed by atoms with Crippen LogP contribution in [0, 0.1) is 0 Å². The van der Waals surface area contributed by atoms with Crippen LogP contribution in [0.5, 0.6) is 5.75 Å². The molecule has 0 N–H and O–H groups in total. The Hall–Kier alpha value is -1.33. The van der Waals surface area contributed by atoms with Gasteiger partial charge in [0.25, 0.3) is 0 Å². The molecular weight excluding hydrogens is 307 g/mol. The van der Waals surface area contributed by atoms with Crippen LogP contribution in [0.25, 0.3) is 5.69 Å². The number of imidazole rings is 1. The summed E-state index contributed by atoms with van der Waals surface area (Å²) >= 11 is 3.28. The lowest BCUT2D eigenvalue weighted by Gasteiger charge is -2.09. The lowest BCUT2D eigenvalue weighted by atomic mass is 10.2. The quantitative estimate of drug-likeness (QED) is 0.818. The van der Waals surface area contributed by atoms with Gasteiger partial charge >= 0.3 is 0 Å². The molecule has 1 aromatic heterocycles. The van der Waals surface area contributed by atoms with Crippen molar-refractivity contribution in [2.75, 3.05) is 7.11 Å². The van der Waals surface area contributed by atoms with Crippen LogP contribution in [0.15, 0.2) is 35.3 Å². The van der Waals surface area contributed by atoms with E-state index in [2.05, 4.69) is 20.9 Å². The zero-order valence-electron chi connectivity index (χ0n) is 8.96. The van der Waals surface area contributed by atoms with Crippen LogP contribution in [-0.4, -0.2) is 22.9 Å². The Morgan fingerprint density at radius 2 is 2.24 bits per heavy atom. The highest BCUT2D eigenvalue weighted by molar-refractivity contribution is 9.10. The molecule has 0 spiro atoms. The summed E-state index contributed by atoms with van der Waals surface area (Å²) < 4.78 is 7.79. The van der Waals surface area contributed by atoms with Gasteiger partial charge in [-0.2, -0.15) is 0 Å². The smallest absolute Gasteiger partial charge is 0.150 e. The van der Waals surface area contributed by atoms with Crippen LogP contribution < -0.4 is 4.74 Å². The monoisotopic (exact) mass is 316 g/mol.